The first kappa shape index (κ1) is 12.3. The van der Waals surface area contributed by atoms with Crippen LogP contribution in [0.2, 0.25) is 0 Å². The van der Waals surface area contributed by atoms with Crippen molar-refractivity contribution < 1.29 is 4.74 Å². The molecule has 1 aromatic rings. The van der Waals surface area contributed by atoms with Crippen molar-refractivity contribution in [3.63, 3.8) is 0 Å². The SMILES string of the molecule is Ic1ccc(COC[C@H]2CCCNC2)cc1. The van der Waals surface area contributed by atoms with Crippen molar-refractivity contribution in [2.24, 2.45) is 5.92 Å². The van der Waals surface area contributed by atoms with Gasteiger partial charge >= 0.3 is 0 Å². The number of rotatable bonds is 4. The Morgan fingerprint density at radius 1 is 1.31 bits per heavy atom. The lowest BCUT2D eigenvalue weighted by molar-refractivity contribution is 0.0783. The molecular weight excluding hydrogens is 313 g/mol. The van der Waals surface area contributed by atoms with Gasteiger partial charge in [0.15, 0.2) is 0 Å². The summed E-state index contributed by atoms with van der Waals surface area (Å²) >= 11 is 2.32. The first-order chi connectivity index (χ1) is 7.84. The van der Waals surface area contributed by atoms with E-state index in [-0.39, 0.29) is 0 Å². The largest absolute Gasteiger partial charge is 0.376 e. The Balaban J connectivity index is 1.69. The van der Waals surface area contributed by atoms with E-state index in [2.05, 4.69) is 52.2 Å². The fraction of sp³-hybridized carbons (Fsp3) is 0.538. The van der Waals surface area contributed by atoms with Crippen molar-refractivity contribution in [3.8, 4) is 0 Å². The minimum Gasteiger partial charge on any atom is -0.376 e. The van der Waals surface area contributed by atoms with Crippen molar-refractivity contribution in [2.75, 3.05) is 19.7 Å². The Morgan fingerprint density at radius 3 is 2.81 bits per heavy atom. The van der Waals surface area contributed by atoms with Gasteiger partial charge in [0.2, 0.25) is 0 Å². The van der Waals surface area contributed by atoms with Gasteiger partial charge in [0.05, 0.1) is 13.2 Å². The molecule has 1 N–H and O–H groups in total. The fourth-order valence-electron chi connectivity index (χ4n) is 1.99. The van der Waals surface area contributed by atoms with Crippen LogP contribution in [0.4, 0.5) is 0 Å². The van der Waals surface area contributed by atoms with Crippen molar-refractivity contribution in [1.82, 2.24) is 5.32 Å². The molecule has 3 heteroatoms. The third kappa shape index (κ3) is 4.03. The highest BCUT2D eigenvalue weighted by Crippen LogP contribution is 2.12. The molecule has 0 amide bonds. The Hall–Kier alpha value is -0.130. The second-order valence-corrected chi connectivity index (χ2v) is 5.60. The van der Waals surface area contributed by atoms with Crippen LogP contribution in [0, 0.1) is 9.49 Å². The summed E-state index contributed by atoms with van der Waals surface area (Å²) < 4.78 is 7.03. The Bertz CT molecular complexity index is 306. The Kier molecular flexibility index (Phi) is 5.06. The standard InChI is InChI=1S/C13H18INO/c14-13-5-3-11(4-6-13)9-16-10-12-2-1-7-15-8-12/h3-6,12,15H,1-2,7-10H2/t12-/m0/s1. The van der Waals surface area contributed by atoms with E-state index in [1.54, 1.807) is 0 Å². The van der Waals surface area contributed by atoms with Crippen LogP contribution in [0.3, 0.4) is 0 Å². The molecule has 0 bridgehead atoms. The molecule has 1 heterocycles. The smallest absolute Gasteiger partial charge is 0.0717 e. The minimum absolute atomic E-state index is 0.706. The molecule has 88 valence electrons. The second kappa shape index (κ2) is 6.57. The molecule has 1 fully saturated rings. The summed E-state index contributed by atoms with van der Waals surface area (Å²) in [6.07, 6.45) is 2.59. The zero-order chi connectivity index (χ0) is 11.2. The van der Waals surface area contributed by atoms with Crippen LogP contribution in [0.1, 0.15) is 18.4 Å². The number of hydrogen-bond donors (Lipinski definition) is 1. The summed E-state index contributed by atoms with van der Waals surface area (Å²) in [4.78, 5) is 0. The van der Waals surface area contributed by atoms with Crippen molar-refractivity contribution in [3.05, 3.63) is 33.4 Å². The molecule has 0 radical (unpaired) electrons. The second-order valence-electron chi connectivity index (χ2n) is 4.35. The van der Waals surface area contributed by atoms with E-state index in [4.69, 9.17) is 4.74 Å². The third-order valence-corrected chi connectivity index (χ3v) is 3.65. The number of halogens is 1. The van der Waals surface area contributed by atoms with Gasteiger partial charge in [-0.3, -0.25) is 0 Å². The van der Waals surface area contributed by atoms with Gasteiger partial charge in [-0.1, -0.05) is 12.1 Å². The average Bonchev–Trinajstić information content (AvgIpc) is 2.33. The van der Waals surface area contributed by atoms with Crippen LogP contribution in [0.5, 0.6) is 0 Å². The molecule has 0 aromatic heterocycles. The number of piperidine rings is 1. The first-order valence-electron chi connectivity index (χ1n) is 5.87. The molecule has 0 saturated carbocycles. The number of ether oxygens (including phenoxy) is 1. The zero-order valence-electron chi connectivity index (χ0n) is 9.42. The van der Waals surface area contributed by atoms with Gasteiger partial charge in [0.1, 0.15) is 0 Å². The van der Waals surface area contributed by atoms with Crippen LogP contribution in [0.15, 0.2) is 24.3 Å². The lowest BCUT2D eigenvalue weighted by Crippen LogP contribution is -2.32. The van der Waals surface area contributed by atoms with Gasteiger partial charge in [0.25, 0.3) is 0 Å². The zero-order valence-corrected chi connectivity index (χ0v) is 11.6. The van der Waals surface area contributed by atoms with E-state index in [0.717, 1.165) is 19.8 Å². The fourth-order valence-corrected chi connectivity index (χ4v) is 2.35. The van der Waals surface area contributed by atoms with E-state index in [1.807, 2.05) is 0 Å². The summed E-state index contributed by atoms with van der Waals surface area (Å²) in [6.45, 7) is 3.92. The average molecular weight is 331 g/mol. The monoisotopic (exact) mass is 331 g/mol. The van der Waals surface area contributed by atoms with Crippen LogP contribution < -0.4 is 5.32 Å². The third-order valence-electron chi connectivity index (χ3n) is 2.93. The number of nitrogens with one attached hydrogen (secondary N) is 1. The highest BCUT2D eigenvalue weighted by molar-refractivity contribution is 14.1. The Morgan fingerprint density at radius 2 is 2.12 bits per heavy atom. The van der Waals surface area contributed by atoms with Gasteiger partial charge in [-0.25, -0.2) is 0 Å². The lowest BCUT2D eigenvalue weighted by Gasteiger charge is -2.22. The molecule has 1 atom stereocenters. The number of benzene rings is 1. The maximum atomic E-state index is 5.76. The Labute approximate surface area is 111 Å². The molecule has 0 unspecified atom stereocenters. The molecule has 0 spiro atoms. The normalized spacial score (nSPS) is 20.9. The van der Waals surface area contributed by atoms with Gasteiger partial charge in [-0.05, 0) is 65.6 Å². The minimum atomic E-state index is 0.706. The lowest BCUT2D eigenvalue weighted by atomic mass is 10.0. The summed E-state index contributed by atoms with van der Waals surface area (Å²) in [5.41, 5.74) is 1.27. The van der Waals surface area contributed by atoms with Gasteiger partial charge in [0, 0.05) is 10.1 Å². The molecular formula is C13H18INO. The van der Waals surface area contributed by atoms with Gasteiger partial charge in [-0.2, -0.15) is 0 Å². The summed E-state index contributed by atoms with van der Waals surface area (Å²) in [5, 5.41) is 3.41. The van der Waals surface area contributed by atoms with Crippen molar-refractivity contribution in [1.29, 1.82) is 0 Å². The van der Waals surface area contributed by atoms with Crippen LogP contribution in [0.25, 0.3) is 0 Å². The molecule has 1 aliphatic heterocycles. The van der Waals surface area contributed by atoms with E-state index in [0.29, 0.717) is 5.92 Å². The van der Waals surface area contributed by atoms with Crippen LogP contribution in [-0.4, -0.2) is 19.7 Å². The van der Waals surface area contributed by atoms with E-state index < -0.39 is 0 Å². The maximum absolute atomic E-state index is 5.76. The molecule has 2 rings (SSSR count). The molecule has 2 nitrogen and oxygen atoms in total. The maximum Gasteiger partial charge on any atom is 0.0717 e. The first-order valence-corrected chi connectivity index (χ1v) is 6.95. The van der Waals surface area contributed by atoms with Crippen molar-refractivity contribution in [2.45, 2.75) is 19.4 Å². The topological polar surface area (TPSA) is 21.3 Å². The highest BCUT2D eigenvalue weighted by Gasteiger charge is 2.12. The van der Waals surface area contributed by atoms with Gasteiger partial charge < -0.3 is 10.1 Å². The molecule has 0 aliphatic carbocycles. The predicted octanol–water partition coefficient (Wildman–Crippen LogP) is 2.81. The summed E-state index contributed by atoms with van der Waals surface area (Å²) in [5.74, 6) is 0.706. The van der Waals surface area contributed by atoms with E-state index in [1.165, 1.54) is 28.5 Å². The molecule has 1 saturated heterocycles. The summed E-state index contributed by atoms with van der Waals surface area (Å²) in [6, 6.07) is 8.53. The predicted molar refractivity (Wildman–Crippen MR) is 74.4 cm³/mol. The van der Waals surface area contributed by atoms with Gasteiger partial charge in [-0.15, -0.1) is 0 Å². The molecule has 1 aliphatic rings. The highest BCUT2D eigenvalue weighted by atomic mass is 127. The summed E-state index contributed by atoms with van der Waals surface area (Å²) in [7, 11) is 0. The molecule has 1 aromatic carbocycles. The van der Waals surface area contributed by atoms with E-state index >= 15 is 0 Å². The number of hydrogen-bond acceptors (Lipinski definition) is 2. The van der Waals surface area contributed by atoms with Crippen molar-refractivity contribution >= 4 is 22.6 Å². The molecule has 16 heavy (non-hydrogen) atoms. The van der Waals surface area contributed by atoms with Crippen LogP contribution >= 0.6 is 22.6 Å². The van der Waals surface area contributed by atoms with E-state index in [9.17, 15) is 0 Å². The van der Waals surface area contributed by atoms with Crippen LogP contribution in [-0.2, 0) is 11.3 Å². The quantitative estimate of drug-likeness (QED) is 0.857.